The molecule has 1 saturated carbocycles. The molecule has 0 radical (unpaired) electrons. The Hall–Kier alpha value is -0.0800. The summed E-state index contributed by atoms with van der Waals surface area (Å²) in [6, 6.07) is 0. The van der Waals surface area contributed by atoms with E-state index in [1.807, 2.05) is 13.8 Å². The third-order valence-electron chi connectivity index (χ3n) is 2.96. The Kier molecular flexibility index (Phi) is 2.02. The second-order valence-electron chi connectivity index (χ2n) is 3.51. The lowest BCUT2D eigenvalue weighted by Gasteiger charge is -2.47. The fraction of sp³-hybridized carbons (Fsp3) is 1.00. The zero-order valence-corrected chi connectivity index (χ0v) is 6.67. The van der Waals surface area contributed by atoms with Gasteiger partial charge in [-0.05, 0) is 18.8 Å². The summed E-state index contributed by atoms with van der Waals surface area (Å²) in [5, 5.41) is 18.6. The Bertz CT molecular complexity index is 124. The fourth-order valence-electron chi connectivity index (χ4n) is 1.62. The highest BCUT2D eigenvalue weighted by Gasteiger charge is 2.45. The lowest BCUT2D eigenvalue weighted by molar-refractivity contribution is -0.136. The van der Waals surface area contributed by atoms with Gasteiger partial charge in [0.1, 0.15) is 0 Å². The molecular formula is C8H16O2. The zero-order valence-electron chi connectivity index (χ0n) is 6.67. The number of hydrogen-bond acceptors (Lipinski definition) is 2. The molecule has 1 aliphatic rings. The first-order valence-electron chi connectivity index (χ1n) is 3.94. The minimum atomic E-state index is -0.561. The van der Waals surface area contributed by atoms with Crippen LogP contribution in [0.3, 0.4) is 0 Å². The molecular weight excluding hydrogens is 128 g/mol. The third kappa shape index (κ3) is 0.956. The van der Waals surface area contributed by atoms with E-state index in [2.05, 4.69) is 0 Å². The summed E-state index contributed by atoms with van der Waals surface area (Å²) in [7, 11) is 0. The van der Waals surface area contributed by atoms with Crippen LogP contribution in [-0.2, 0) is 0 Å². The van der Waals surface area contributed by atoms with Gasteiger partial charge >= 0.3 is 0 Å². The van der Waals surface area contributed by atoms with Crippen LogP contribution < -0.4 is 0 Å². The van der Waals surface area contributed by atoms with Gasteiger partial charge < -0.3 is 10.2 Å². The van der Waals surface area contributed by atoms with Gasteiger partial charge in [-0.15, -0.1) is 0 Å². The average molecular weight is 144 g/mol. The topological polar surface area (TPSA) is 40.5 Å². The summed E-state index contributed by atoms with van der Waals surface area (Å²) in [4.78, 5) is 0. The van der Waals surface area contributed by atoms with Gasteiger partial charge in [0.25, 0.3) is 0 Å². The van der Waals surface area contributed by atoms with Crippen molar-refractivity contribution in [2.45, 2.75) is 32.3 Å². The molecule has 1 aliphatic carbocycles. The molecule has 0 aromatic carbocycles. The fourth-order valence-corrected chi connectivity index (χ4v) is 1.62. The van der Waals surface area contributed by atoms with Crippen LogP contribution in [0.5, 0.6) is 0 Å². The lowest BCUT2D eigenvalue weighted by atomic mass is 9.64. The van der Waals surface area contributed by atoms with Gasteiger partial charge in [0, 0.05) is 12.5 Å². The maximum atomic E-state index is 9.79. The summed E-state index contributed by atoms with van der Waals surface area (Å²) in [6.45, 7) is 4.03. The predicted octanol–water partition coefficient (Wildman–Crippen LogP) is 0.776. The second kappa shape index (κ2) is 2.51. The van der Waals surface area contributed by atoms with Crippen molar-refractivity contribution >= 4 is 0 Å². The quantitative estimate of drug-likeness (QED) is 0.601. The molecule has 0 heterocycles. The van der Waals surface area contributed by atoms with Crippen molar-refractivity contribution in [3.05, 3.63) is 0 Å². The first-order chi connectivity index (χ1) is 4.61. The van der Waals surface area contributed by atoms with Gasteiger partial charge in [0.15, 0.2) is 0 Å². The SMILES string of the molecule is CC(CO)C1(O)CCC1C. The first-order valence-corrected chi connectivity index (χ1v) is 3.94. The normalized spacial score (nSPS) is 42.6. The van der Waals surface area contributed by atoms with Crippen LogP contribution in [0, 0.1) is 11.8 Å². The van der Waals surface area contributed by atoms with Crippen molar-refractivity contribution in [3.63, 3.8) is 0 Å². The molecule has 3 atom stereocenters. The maximum absolute atomic E-state index is 9.79. The molecule has 2 N–H and O–H groups in total. The second-order valence-corrected chi connectivity index (χ2v) is 3.51. The van der Waals surface area contributed by atoms with Crippen molar-refractivity contribution in [2.75, 3.05) is 6.61 Å². The molecule has 0 aliphatic heterocycles. The van der Waals surface area contributed by atoms with E-state index in [4.69, 9.17) is 5.11 Å². The molecule has 0 amide bonds. The predicted molar refractivity (Wildman–Crippen MR) is 39.6 cm³/mol. The van der Waals surface area contributed by atoms with Gasteiger partial charge in [-0.25, -0.2) is 0 Å². The Morgan fingerprint density at radius 3 is 2.40 bits per heavy atom. The largest absolute Gasteiger partial charge is 0.396 e. The highest BCUT2D eigenvalue weighted by Crippen LogP contribution is 2.43. The minimum absolute atomic E-state index is 0.0382. The molecule has 0 spiro atoms. The van der Waals surface area contributed by atoms with Crippen molar-refractivity contribution < 1.29 is 10.2 Å². The molecule has 0 aromatic heterocycles. The van der Waals surface area contributed by atoms with E-state index in [1.54, 1.807) is 0 Å². The highest BCUT2D eigenvalue weighted by molar-refractivity contribution is 4.96. The van der Waals surface area contributed by atoms with Crippen molar-refractivity contribution in [1.82, 2.24) is 0 Å². The minimum Gasteiger partial charge on any atom is -0.396 e. The standard InChI is InChI=1S/C8H16O2/c1-6-3-4-8(6,10)7(2)5-9/h6-7,9-10H,3-5H2,1-2H3. The number of aliphatic hydroxyl groups excluding tert-OH is 1. The van der Waals surface area contributed by atoms with E-state index >= 15 is 0 Å². The molecule has 0 aromatic rings. The Labute approximate surface area is 61.9 Å². The van der Waals surface area contributed by atoms with E-state index in [0.29, 0.717) is 5.92 Å². The van der Waals surface area contributed by atoms with Crippen LogP contribution in [0.25, 0.3) is 0 Å². The van der Waals surface area contributed by atoms with Gasteiger partial charge in [0.05, 0.1) is 5.60 Å². The van der Waals surface area contributed by atoms with Crippen molar-refractivity contribution in [2.24, 2.45) is 11.8 Å². The van der Waals surface area contributed by atoms with Crippen LogP contribution in [0.1, 0.15) is 26.7 Å². The number of rotatable bonds is 2. The van der Waals surface area contributed by atoms with E-state index < -0.39 is 5.60 Å². The summed E-state index contributed by atoms with van der Waals surface area (Å²) in [5.74, 6) is 0.408. The molecule has 60 valence electrons. The van der Waals surface area contributed by atoms with E-state index in [1.165, 1.54) is 0 Å². The van der Waals surface area contributed by atoms with Crippen LogP contribution in [0.15, 0.2) is 0 Å². The highest BCUT2D eigenvalue weighted by atomic mass is 16.3. The molecule has 10 heavy (non-hydrogen) atoms. The van der Waals surface area contributed by atoms with Gasteiger partial charge in [-0.3, -0.25) is 0 Å². The Morgan fingerprint density at radius 1 is 1.70 bits per heavy atom. The van der Waals surface area contributed by atoms with E-state index in [9.17, 15) is 5.11 Å². The Balaban J connectivity index is 2.51. The van der Waals surface area contributed by atoms with Crippen LogP contribution in [0.2, 0.25) is 0 Å². The third-order valence-corrected chi connectivity index (χ3v) is 2.96. The molecule has 0 bridgehead atoms. The molecule has 3 unspecified atom stereocenters. The molecule has 1 rings (SSSR count). The smallest absolute Gasteiger partial charge is 0.0720 e. The van der Waals surface area contributed by atoms with Crippen LogP contribution in [0.4, 0.5) is 0 Å². The van der Waals surface area contributed by atoms with Crippen molar-refractivity contribution in [3.8, 4) is 0 Å². The molecule has 0 saturated heterocycles. The van der Waals surface area contributed by atoms with E-state index in [-0.39, 0.29) is 12.5 Å². The summed E-state index contributed by atoms with van der Waals surface area (Å²) in [5.41, 5.74) is -0.561. The van der Waals surface area contributed by atoms with Crippen molar-refractivity contribution in [1.29, 1.82) is 0 Å². The van der Waals surface area contributed by atoms with Crippen LogP contribution >= 0.6 is 0 Å². The lowest BCUT2D eigenvalue weighted by Crippen LogP contribution is -2.51. The first kappa shape index (κ1) is 8.02. The summed E-state index contributed by atoms with van der Waals surface area (Å²) in [6.07, 6.45) is 1.96. The number of hydrogen-bond donors (Lipinski definition) is 2. The number of aliphatic hydroxyl groups is 2. The molecule has 2 heteroatoms. The summed E-state index contributed by atoms with van der Waals surface area (Å²) < 4.78 is 0. The molecule has 2 nitrogen and oxygen atoms in total. The average Bonchev–Trinajstić information content (AvgIpc) is 1.98. The van der Waals surface area contributed by atoms with Gasteiger partial charge in [-0.1, -0.05) is 13.8 Å². The Morgan fingerprint density at radius 2 is 2.30 bits per heavy atom. The van der Waals surface area contributed by atoms with Crippen LogP contribution in [-0.4, -0.2) is 22.4 Å². The summed E-state index contributed by atoms with van der Waals surface area (Å²) >= 11 is 0. The maximum Gasteiger partial charge on any atom is 0.0720 e. The monoisotopic (exact) mass is 144 g/mol. The van der Waals surface area contributed by atoms with Gasteiger partial charge in [0.2, 0.25) is 0 Å². The van der Waals surface area contributed by atoms with E-state index in [0.717, 1.165) is 12.8 Å². The van der Waals surface area contributed by atoms with Gasteiger partial charge in [-0.2, -0.15) is 0 Å². The molecule has 1 fully saturated rings. The zero-order chi connectivity index (χ0) is 7.78.